The molecule has 27 heavy (non-hydrogen) atoms. The second-order valence-corrected chi connectivity index (χ2v) is 7.15. The van der Waals surface area contributed by atoms with E-state index in [1.165, 1.54) is 0 Å². The number of piperidine rings is 1. The molecule has 2 aromatic heterocycles. The van der Waals surface area contributed by atoms with Gasteiger partial charge in [-0.15, -0.1) is 10.2 Å². The summed E-state index contributed by atoms with van der Waals surface area (Å²) in [5.74, 6) is 0.803. The van der Waals surface area contributed by atoms with Crippen LogP contribution in [-0.2, 0) is 11.3 Å². The molecule has 1 fully saturated rings. The first-order chi connectivity index (χ1) is 13.0. The van der Waals surface area contributed by atoms with Gasteiger partial charge in [0.1, 0.15) is 0 Å². The largest absolute Gasteiger partial charge is 0.355 e. The molecule has 1 saturated heterocycles. The fourth-order valence-corrected chi connectivity index (χ4v) is 3.50. The highest BCUT2D eigenvalue weighted by Crippen LogP contribution is 2.20. The highest BCUT2D eigenvalue weighted by molar-refractivity contribution is 6.29. The van der Waals surface area contributed by atoms with Crippen molar-refractivity contribution in [3.05, 3.63) is 28.7 Å². The third kappa shape index (κ3) is 4.75. The number of rotatable bonds is 6. The Bertz CT molecular complexity index is 782. The molecule has 0 atom stereocenters. The number of aryl methyl sites for hydroxylation is 2. The van der Waals surface area contributed by atoms with Gasteiger partial charge in [-0.25, -0.2) is 0 Å². The molecule has 3 heterocycles. The van der Waals surface area contributed by atoms with Gasteiger partial charge in [-0.05, 0) is 45.7 Å². The normalized spacial score (nSPS) is 15.2. The van der Waals surface area contributed by atoms with Crippen LogP contribution in [0.4, 0.5) is 11.5 Å². The molecular formula is C18H26ClN7O. The molecule has 1 amide bonds. The molecule has 2 N–H and O–H groups in total. The second-order valence-electron chi connectivity index (χ2n) is 6.77. The Morgan fingerprint density at radius 1 is 1.26 bits per heavy atom. The Balaban J connectivity index is 1.45. The number of anilines is 2. The van der Waals surface area contributed by atoms with Gasteiger partial charge in [0, 0.05) is 25.7 Å². The number of carbonyl (C=O) groups is 1. The maximum atomic E-state index is 12.3. The number of nitrogens with one attached hydrogen (secondary N) is 2. The SMILES string of the molecule is CCn1nc(C)c(NC(=O)CNC2CCN(c3ccc(Cl)nn3)CC2)c1C. The van der Waals surface area contributed by atoms with E-state index in [1.807, 2.05) is 31.5 Å². The van der Waals surface area contributed by atoms with Gasteiger partial charge in [-0.3, -0.25) is 9.48 Å². The molecule has 1 aliphatic rings. The maximum Gasteiger partial charge on any atom is 0.238 e. The van der Waals surface area contributed by atoms with E-state index in [2.05, 4.69) is 30.8 Å². The van der Waals surface area contributed by atoms with Crippen LogP contribution in [0.15, 0.2) is 12.1 Å². The molecule has 2 aromatic rings. The number of nitrogens with zero attached hydrogens (tertiary/aromatic N) is 5. The standard InChI is InChI=1S/C18H26ClN7O/c1-4-26-13(3)18(12(2)24-26)21-17(27)11-20-14-7-9-25(10-8-14)16-6-5-15(19)22-23-16/h5-6,14,20H,4,7-11H2,1-3H3,(H,21,27). The first kappa shape index (κ1) is 19.6. The van der Waals surface area contributed by atoms with Gasteiger partial charge in [-0.1, -0.05) is 11.6 Å². The summed E-state index contributed by atoms with van der Waals surface area (Å²) in [6.45, 7) is 8.75. The van der Waals surface area contributed by atoms with Crippen molar-refractivity contribution in [2.75, 3.05) is 29.9 Å². The summed E-state index contributed by atoms with van der Waals surface area (Å²) in [7, 11) is 0. The fraction of sp³-hybridized carbons (Fsp3) is 0.556. The third-order valence-electron chi connectivity index (χ3n) is 4.93. The summed E-state index contributed by atoms with van der Waals surface area (Å²) in [6.07, 6.45) is 1.90. The van der Waals surface area contributed by atoms with Crippen molar-refractivity contribution in [1.82, 2.24) is 25.3 Å². The Hall–Kier alpha value is -2.19. The predicted molar refractivity (Wildman–Crippen MR) is 106 cm³/mol. The molecular weight excluding hydrogens is 366 g/mol. The van der Waals surface area contributed by atoms with Crippen molar-refractivity contribution >= 4 is 29.0 Å². The van der Waals surface area contributed by atoms with Crippen molar-refractivity contribution in [2.24, 2.45) is 0 Å². The van der Waals surface area contributed by atoms with Crippen molar-refractivity contribution in [3.63, 3.8) is 0 Å². The summed E-state index contributed by atoms with van der Waals surface area (Å²) in [6, 6.07) is 3.95. The van der Waals surface area contributed by atoms with Crippen LogP contribution in [0.5, 0.6) is 0 Å². The smallest absolute Gasteiger partial charge is 0.238 e. The van der Waals surface area contributed by atoms with E-state index < -0.39 is 0 Å². The molecule has 8 nitrogen and oxygen atoms in total. The average molecular weight is 392 g/mol. The van der Waals surface area contributed by atoms with Crippen molar-refractivity contribution < 1.29 is 4.79 Å². The lowest BCUT2D eigenvalue weighted by molar-refractivity contribution is -0.115. The van der Waals surface area contributed by atoms with Crippen LogP contribution in [0, 0.1) is 13.8 Å². The van der Waals surface area contributed by atoms with E-state index in [1.54, 1.807) is 6.07 Å². The molecule has 0 aromatic carbocycles. The summed E-state index contributed by atoms with van der Waals surface area (Å²) in [4.78, 5) is 14.5. The summed E-state index contributed by atoms with van der Waals surface area (Å²) < 4.78 is 1.90. The molecule has 9 heteroatoms. The highest BCUT2D eigenvalue weighted by atomic mass is 35.5. The first-order valence-electron chi connectivity index (χ1n) is 9.29. The van der Waals surface area contributed by atoms with E-state index in [0.717, 1.165) is 55.4 Å². The molecule has 3 rings (SSSR count). The Kier molecular flexibility index (Phi) is 6.28. The molecule has 1 aliphatic heterocycles. The van der Waals surface area contributed by atoms with Crippen LogP contribution < -0.4 is 15.5 Å². The number of carbonyl (C=O) groups excluding carboxylic acids is 1. The summed E-state index contributed by atoms with van der Waals surface area (Å²) in [5.41, 5.74) is 2.65. The molecule has 0 aliphatic carbocycles. The van der Waals surface area contributed by atoms with Crippen molar-refractivity contribution in [2.45, 2.75) is 46.2 Å². The zero-order chi connectivity index (χ0) is 19.4. The van der Waals surface area contributed by atoms with Crippen LogP contribution in [0.2, 0.25) is 5.15 Å². The lowest BCUT2D eigenvalue weighted by atomic mass is 10.1. The van der Waals surface area contributed by atoms with Crippen LogP contribution >= 0.6 is 11.6 Å². The second kappa shape index (κ2) is 8.67. The van der Waals surface area contributed by atoms with Gasteiger partial charge in [0.05, 0.1) is 23.6 Å². The average Bonchev–Trinajstić information content (AvgIpc) is 2.95. The Morgan fingerprint density at radius 2 is 2.00 bits per heavy atom. The number of aromatic nitrogens is 4. The van der Waals surface area contributed by atoms with Gasteiger partial charge in [0.15, 0.2) is 11.0 Å². The maximum absolute atomic E-state index is 12.3. The van der Waals surface area contributed by atoms with Crippen molar-refractivity contribution in [3.8, 4) is 0 Å². The lowest BCUT2D eigenvalue weighted by Gasteiger charge is -2.32. The lowest BCUT2D eigenvalue weighted by Crippen LogP contribution is -2.45. The topological polar surface area (TPSA) is 88.0 Å². The van der Waals surface area contributed by atoms with E-state index >= 15 is 0 Å². The van der Waals surface area contributed by atoms with E-state index in [-0.39, 0.29) is 5.91 Å². The van der Waals surface area contributed by atoms with Gasteiger partial charge in [-0.2, -0.15) is 5.10 Å². The van der Waals surface area contributed by atoms with Gasteiger partial charge in [0.2, 0.25) is 5.91 Å². The van der Waals surface area contributed by atoms with Gasteiger partial charge in [0.25, 0.3) is 0 Å². The third-order valence-corrected chi connectivity index (χ3v) is 5.14. The molecule has 0 saturated carbocycles. The fourth-order valence-electron chi connectivity index (χ4n) is 3.40. The van der Waals surface area contributed by atoms with Crippen LogP contribution in [0.25, 0.3) is 0 Å². The Labute approximate surface area is 164 Å². The predicted octanol–water partition coefficient (Wildman–Crippen LogP) is 2.16. The highest BCUT2D eigenvalue weighted by Gasteiger charge is 2.21. The minimum atomic E-state index is -0.0390. The van der Waals surface area contributed by atoms with E-state index in [4.69, 9.17) is 11.6 Å². The van der Waals surface area contributed by atoms with Crippen molar-refractivity contribution in [1.29, 1.82) is 0 Å². The summed E-state index contributed by atoms with van der Waals surface area (Å²) in [5, 5.41) is 19.2. The quantitative estimate of drug-likeness (QED) is 0.784. The van der Waals surface area contributed by atoms with Crippen LogP contribution in [0.1, 0.15) is 31.2 Å². The zero-order valence-electron chi connectivity index (χ0n) is 16.0. The number of amides is 1. The molecule has 0 bridgehead atoms. The minimum Gasteiger partial charge on any atom is -0.355 e. The van der Waals surface area contributed by atoms with Crippen LogP contribution in [0.3, 0.4) is 0 Å². The number of halogens is 1. The van der Waals surface area contributed by atoms with Crippen LogP contribution in [-0.4, -0.2) is 51.6 Å². The minimum absolute atomic E-state index is 0.0390. The molecule has 0 unspecified atom stereocenters. The van der Waals surface area contributed by atoms with E-state index in [9.17, 15) is 4.79 Å². The number of hydrogen-bond acceptors (Lipinski definition) is 6. The molecule has 146 valence electrons. The van der Waals surface area contributed by atoms with Gasteiger partial charge >= 0.3 is 0 Å². The van der Waals surface area contributed by atoms with E-state index in [0.29, 0.717) is 17.7 Å². The monoisotopic (exact) mass is 391 g/mol. The van der Waals surface area contributed by atoms with Gasteiger partial charge < -0.3 is 15.5 Å². The Morgan fingerprint density at radius 3 is 2.59 bits per heavy atom. The number of hydrogen-bond donors (Lipinski definition) is 2. The zero-order valence-corrected chi connectivity index (χ0v) is 16.8. The molecule has 0 radical (unpaired) electrons. The summed E-state index contributed by atoms with van der Waals surface area (Å²) >= 11 is 5.79. The molecule has 0 spiro atoms. The first-order valence-corrected chi connectivity index (χ1v) is 9.67.